The Morgan fingerprint density at radius 2 is 1.79 bits per heavy atom. The highest BCUT2D eigenvalue weighted by Gasteiger charge is 2.13. The number of hydrogen-bond acceptors (Lipinski definition) is 2. The third-order valence-corrected chi connectivity index (χ3v) is 4.04. The summed E-state index contributed by atoms with van der Waals surface area (Å²) in [5.74, 6) is -0.0702. The van der Waals surface area contributed by atoms with Crippen LogP contribution in [0.4, 0.5) is 4.39 Å². The van der Waals surface area contributed by atoms with Gasteiger partial charge in [0.05, 0.1) is 0 Å². The number of halogens is 1. The summed E-state index contributed by atoms with van der Waals surface area (Å²) in [4.78, 5) is 2.52. The van der Waals surface area contributed by atoms with Crippen LogP contribution >= 0.6 is 0 Å². The lowest BCUT2D eigenvalue weighted by molar-refractivity contribution is 0.212. The van der Waals surface area contributed by atoms with Crippen LogP contribution in [0, 0.1) is 5.82 Å². The van der Waals surface area contributed by atoms with E-state index < -0.39 is 0 Å². The zero-order chi connectivity index (χ0) is 13.5. The molecule has 0 saturated carbocycles. The Bertz CT molecular complexity index is 360. The van der Waals surface area contributed by atoms with Crippen LogP contribution < -0.4 is 0 Å². The molecule has 0 amide bonds. The van der Waals surface area contributed by atoms with Crippen LogP contribution in [0.3, 0.4) is 0 Å². The normalized spacial score (nSPS) is 18.4. The summed E-state index contributed by atoms with van der Waals surface area (Å²) >= 11 is 0. The molecule has 0 spiro atoms. The van der Waals surface area contributed by atoms with Crippen molar-refractivity contribution in [3.63, 3.8) is 0 Å². The van der Waals surface area contributed by atoms with E-state index in [4.69, 9.17) is 0 Å². The summed E-state index contributed by atoms with van der Waals surface area (Å²) in [7, 11) is 0. The fraction of sp³-hybridized carbons (Fsp3) is 0.625. The number of nitrogens with zero attached hydrogens (tertiary/aromatic N) is 1. The first kappa shape index (κ1) is 14.5. The van der Waals surface area contributed by atoms with E-state index in [9.17, 15) is 9.50 Å². The Balaban J connectivity index is 1.77. The van der Waals surface area contributed by atoms with Gasteiger partial charge in [-0.15, -0.1) is 0 Å². The topological polar surface area (TPSA) is 23.5 Å². The fourth-order valence-corrected chi connectivity index (χ4v) is 2.84. The van der Waals surface area contributed by atoms with Gasteiger partial charge >= 0.3 is 0 Å². The Hall–Kier alpha value is -0.930. The number of aliphatic hydroxyl groups is 1. The van der Waals surface area contributed by atoms with Crippen molar-refractivity contribution >= 4 is 0 Å². The molecule has 1 unspecified atom stereocenters. The highest BCUT2D eigenvalue weighted by molar-refractivity contribution is 5.20. The molecule has 0 bridgehead atoms. The quantitative estimate of drug-likeness (QED) is 0.854. The minimum atomic E-state index is -0.214. The molecular weight excluding hydrogens is 241 g/mol. The van der Waals surface area contributed by atoms with E-state index in [1.807, 2.05) is 0 Å². The van der Waals surface area contributed by atoms with Gasteiger partial charge in [0.25, 0.3) is 0 Å². The molecule has 1 atom stereocenters. The van der Waals surface area contributed by atoms with Crippen LogP contribution in [0.1, 0.15) is 43.6 Å². The fourth-order valence-electron chi connectivity index (χ4n) is 2.84. The molecular formula is C16H24FNO. The van der Waals surface area contributed by atoms with Gasteiger partial charge in [-0.05, 0) is 63.0 Å². The second kappa shape index (κ2) is 7.61. The van der Waals surface area contributed by atoms with E-state index in [1.165, 1.54) is 44.5 Å². The highest BCUT2D eigenvalue weighted by atomic mass is 19.1. The third kappa shape index (κ3) is 4.59. The summed E-state index contributed by atoms with van der Waals surface area (Å²) in [6, 6.07) is 6.53. The summed E-state index contributed by atoms with van der Waals surface area (Å²) in [5, 5.41) is 9.48. The van der Waals surface area contributed by atoms with Gasteiger partial charge in [0.1, 0.15) is 5.82 Å². The molecule has 0 aromatic heterocycles. The van der Waals surface area contributed by atoms with Gasteiger partial charge in [-0.1, -0.05) is 18.6 Å². The van der Waals surface area contributed by atoms with Crippen molar-refractivity contribution in [3.05, 3.63) is 35.6 Å². The Kier molecular flexibility index (Phi) is 5.80. The molecule has 19 heavy (non-hydrogen) atoms. The molecule has 1 heterocycles. The first-order valence-electron chi connectivity index (χ1n) is 7.38. The molecule has 1 N–H and O–H groups in total. The smallest absolute Gasteiger partial charge is 0.123 e. The van der Waals surface area contributed by atoms with Crippen LogP contribution in [0.2, 0.25) is 0 Å². The molecule has 1 saturated heterocycles. The molecule has 2 nitrogen and oxygen atoms in total. The zero-order valence-electron chi connectivity index (χ0n) is 11.5. The average molecular weight is 265 g/mol. The molecule has 3 heteroatoms. The van der Waals surface area contributed by atoms with Crippen LogP contribution in [0.25, 0.3) is 0 Å². The van der Waals surface area contributed by atoms with E-state index in [0.29, 0.717) is 0 Å². The van der Waals surface area contributed by atoms with E-state index in [1.54, 1.807) is 12.1 Å². The standard InChI is InChI=1S/C16H24FNO/c17-16-8-6-14(7-9-16)15(13-19)5-4-12-18-10-2-1-3-11-18/h6-9,15,19H,1-5,10-13H2. The molecule has 106 valence electrons. The van der Waals surface area contributed by atoms with Gasteiger partial charge in [0.2, 0.25) is 0 Å². The Labute approximate surface area is 115 Å². The van der Waals surface area contributed by atoms with Crippen molar-refractivity contribution in [1.82, 2.24) is 4.90 Å². The second-order valence-corrected chi connectivity index (χ2v) is 5.48. The lowest BCUT2D eigenvalue weighted by Gasteiger charge is -2.27. The van der Waals surface area contributed by atoms with Crippen LogP contribution in [-0.4, -0.2) is 36.2 Å². The predicted octanol–water partition coefficient (Wildman–Crippen LogP) is 3.17. The Morgan fingerprint density at radius 3 is 2.42 bits per heavy atom. The summed E-state index contributed by atoms with van der Waals surface area (Å²) in [6.07, 6.45) is 6.08. The number of likely N-dealkylation sites (tertiary alicyclic amines) is 1. The molecule has 1 fully saturated rings. The Morgan fingerprint density at radius 1 is 1.11 bits per heavy atom. The van der Waals surface area contributed by atoms with Gasteiger partial charge in [-0.2, -0.15) is 0 Å². The molecule has 1 aromatic rings. The van der Waals surface area contributed by atoms with E-state index in [-0.39, 0.29) is 18.3 Å². The second-order valence-electron chi connectivity index (χ2n) is 5.48. The minimum Gasteiger partial charge on any atom is -0.396 e. The molecule has 0 radical (unpaired) electrons. The maximum atomic E-state index is 12.9. The predicted molar refractivity (Wildman–Crippen MR) is 75.8 cm³/mol. The maximum Gasteiger partial charge on any atom is 0.123 e. The summed E-state index contributed by atoms with van der Waals surface area (Å²) in [6.45, 7) is 3.71. The van der Waals surface area contributed by atoms with Crippen molar-refractivity contribution in [3.8, 4) is 0 Å². The van der Waals surface area contributed by atoms with Crippen molar-refractivity contribution in [1.29, 1.82) is 0 Å². The highest BCUT2D eigenvalue weighted by Crippen LogP contribution is 2.21. The molecule has 2 rings (SSSR count). The molecule has 0 aliphatic carbocycles. The van der Waals surface area contributed by atoms with Crippen LogP contribution in [-0.2, 0) is 0 Å². The largest absolute Gasteiger partial charge is 0.396 e. The van der Waals surface area contributed by atoms with Gasteiger partial charge in [0, 0.05) is 12.5 Å². The molecule has 1 aliphatic rings. The zero-order valence-corrected chi connectivity index (χ0v) is 11.5. The average Bonchev–Trinajstić information content (AvgIpc) is 2.46. The first-order valence-corrected chi connectivity index (χ1v) is 7.38. The van der Waals surface area contributed by atoms with Gasteiger partial charge in [-0.25, -0.2) is 4.39 Å². The SMILES string of the molecule is OCC(CCCN1CCCCC1)c1ccc(F)cc1. The summed E-state index contributed by atoms with van der Waals surface area (Å²) < 4.78 is 12.9. The van der Waals surface area contributed by atoms with Crippen molar-refractivity contribution in [2.24, 2.45) is 0 Å². The lowest BCUT2D eigenvalue weighted by Crippen LogP contribution is -2.30. The van der Waals surface area contributed by atoms with Gasteiger partial charge < -0.3 is 10.0 Å². The van der Waals surface area contributed by atoms with Gasteiger partial charge in [-0.3, -0.25) is 0 Å². The van der Waals surface area contributed by atoms with Crippen molar-refractivity contribution < 1.29 is 9.50 Å². The van der Waals surface area contributed by atoms with E-state index in [2.05, 4.69) is 4.90 Å². The minimum absolute atomic E-state index is 0.144. The monoisotopic (exact) mass is 265 g/mol. The van der Waals surface area contributed by atoms with Gasteiger partial charge in [0.15, 0.2) is 0 Å². The van der Waals surface area contributed by atoms with Crippen molar-refractivity contribution in [2.45, 2.75) is 38.0 Å². The number of benzene rings is 1. The number of hydrogen-bond donors (Lipinski definition) is 1. The van der Waals surface area contributed by atoms with Crippen LogP contribution in [0.5, 0.6) is 0 Å². The third-order valence-electron chi connectivity index (χ3n) is 4.04. The lowest BCUT2D eigenvalue weighted by atomic mass is 9.95. The van der Waals surface area contributed by atoms with Crippen LogP contribution in [0.15, 0.2) is 24.3 Å². The van der Waals surface area contributed by atoms with E-state index in [0.717, 1.165) is 24.9 Å². The maximum absolute atomic E-state index is 12.9. The molecule has 1 aromatic carbocycles. The summed E-state index contributed by atoms with van der Waals surface area (Å²) in [5.41, 5.74) is 1.04. The number of rotatable bonds is 6. The molecule has 1 aliphatic heterocycles. The first-order chi connectivity index (χ1) is 9.29. The number of aliphatic hydroxyl groups excluding tert-OH is 1. The van der Waals surface area contributed by atoms with Crippen molar-refractivity contribution in [2.75, 3.05) is 26.2 Å². The van der Waals surface area contributed by atoms with E-state index >= 15 is 0 Å². The number of piperidine rings is 1.